The van der Waals surface area contributed by atoms with Crippen molar-refractivity contribution in [3.05, 3.63) is 48.0 Å². The molecule has 62 valence electrons. The lowest BCUT2D eigenvalue weighted by Gasteiger charge is -1.98. The van der Waals surface area contributed by atoms with Crippen molar-refractivity contribution < 1.29 is 0 Å². The molecule has 1 aromatic rings. The molecule has 0 bridgehead atoms. The molecule has 0 N–H and O–H groups in total. The molecule has 2 atom stereocenters. The molecule has 1 aliphatic carbocycles. The predicted molar refractivity (Wildman–Crippen MR) is 52.1 cm³/mol. The van der Waals surface area contributed by atoms with Gasteiger partial charge in [0.1, 0.15) is 0 Å². The topological polar surface area (TPSA) is 0 Å². The summed E-state index contributed by atoms with van der Waals surface area (Å²) in [6, 6.07) is 10.7. The van der Waals surface area contributed by atoms with Crippen molar-refractivity contribution in [1.29, 1.82) is 0 Å². The van der Waals surface area contributed by atoms with Gasteiger partial charge in [0.15, 0.2) is 0 Å². The average Bonchev–Trinajstić information content (AvgIpc) is 2.84. The summed E-state index contributed by atoms with van der Waals surface area (Å²) in [5.41, 5.74) is 2.81. The van der Waals surface area contributed by atoms with Crippen LogP contribution in [0.15, 0.2) is 42.5 Å². The van der Waals surface area contributed by atoms with E-state index in [9.17, 15) is 0 Å². The Labute approximate surface area is 73.9 Å². The highest BCUT2D eigenvalue weighted by Gasteiger charge is 2.38. The molecule has 1 aliphatic rings. The minimum atomic E-state index is 0.757. The van der Waals surface area contributed by atoms with E-state index in [0.717, 1.165) is 11.8 Å². The van der Waals surface area contributed by atoms with E-state index in [-0.39, 0.29) is 0 Å². The van der Waals surface area contributed by atoms with Crippen LogP contribution in [-0.4, -0.2) is 0 Å². The van der Waals surface area contributed by atoms with E-state index in [1.165, 1.54) is 17.6 Å². The molecule has 1 fully saturated rings. The molecule has 0 aromatic heterocycles. The third-order valence-electron chi connectivity index (χ3n) is 2.65. The van der Waals surface area contributed by atoms with Crippen molar-refractivity contribution in [2.75, 3.05) is 0 Å². The Balaban J connectivity index is 2.11. The molecule has 0 spiro atoms. The second kappa shape index (κ2) is 2.78. The summed E-state index contributed by atoms with van der Waals surface area (Å²) in [5.74, 6) is 1.52. The van der Waals surface area contributed by atoms with Crippen LogP contribution in [0.5, 0.6) is 0 Å². The third-order valence-corrected chi connectivity index (χ3v) is 2.65. The zero-order valence-corrected chi connectivity index (χ0v) is 7.46. The first-order valence-corrected chi connectivity index (χ1v) is 4.49. The van der Waals surface area contributed by atoms with Crippen LogP contribution in [0.2, 0.25) is 0 Å². The highest BCUT2D eigenvalue weighted by Crippen LogP contribution is 2.50. The van der Waals surface area contributed by atoms with Gasteiger partial charge in [-0.25, -0.2) is 0 Å². The van der Waals surface area contributed by atoms with Crippen LogP contribution in [-0.2, 0) is 0 Å². The maximum Gasteiger partial charge on any atom is -0.00904 e. The summed E-state index contributed by atoms with van der Waals surface area (Å²) in [6.45, 7) is 6.13. The van der Waals surface area contributed by atoms with E-state index in [1.807, 2.05) is 0 Å². The Morgan fingerprint density at radius 2 is 2.00 bits per heavy atom. The van der Waals surface area contributed by atoms with Gasteiger partial charge in [-0.05, 0) is 30.7 Å². The van der Waals surface area contributed by atoms with Crippen molar-refractivity contribution in [3.8, 4) is 0 Å². The van der Waals surface area contributed by atoms with Gasteiger partial charge in [-0.3, -0.25) is 0 Å². The van der Waals surface area contributed by atoms with Crippen molar-refractivity contribution in [1.82, 2.24) is 0 Å². The van der Waals surface area contributed by atoms with Crippen molar-refractivity contribution >= 4 is 0 Å². The molecule has 0 unspecified atom stereocenters. The van der Waals surface area contributed by atoms with E-state index < -0.39 is 0 Å². The average molecular weight is 158 g/mol. The zero-order chi connectivity index (χ0) is 8.55. The van der Waals surface area contributed by atoms with Gasteiger partial charge in [0.05, 0.1) is 0 Å². The summed E-state index contributed by atoms with van der Waals surface area (Å²) in [6.07, 6.45) is 1.30. The van der Waals surface area contributed by atoms with Gasteiger partial charge >= 0.3 is 0 Å². The van der Waals surface area contributed by atoms with Gasteiger partial charge in [-0.1, -0.05) is 42.5 Å². The normalized spacial score (nSPS) is 26.8. The highest BCUT2D eigenvalue weighted by atomic mass is 14.4. The fourth-order valence-electron chi connectivity index (χ4n) is 1.81. The molecule has 0 radical (unpaired) electrons. The minimum absolute atomic E-state index is 0.757. The maximum atomic E-state index is 3.99. The smallest absolute Gasteiger partial charge is 0.00904 e. The van der Waals surface area contributed by atoms with Crippen LogP contribution in [0.25, 0.3) is 0 Å². The van der Waals surface area contributed by atoms with Gasteiger partial charge < -0.3 is 0 Å². The summed E-state index contributed by atoms with van der Waals surface area (Å²) in [4.78, 5) is 0. The first kappa shape index (κ1) is 7.60. The maximum absolute atomic E-state index is 3.99. The molecular formula is C12H14. The van der Waals surface area contributed by atoms with Crippen LogP contribution < -0.4 is 0 Å². The van der Waals surface area contributed by atoms with E-state index in [0.29, 0.717) is 0 Å². The first-order chi connectivity index (χ1) is 5.79. The molecule has 0 saturated heterocycles. The third kappa shape index (κ3) is 1.29. The van der Waals surface area contributed by atoms with E-state index in [2.05, 4.69) is 43.8 Å². The van der Waals surface area contributed by atoms with Crippen LogP contribution in [0, 0.1) is 5.92 Å². The van der Waals surface area contributed by atoms with Gasteiger partial charge in [-0.15, -0.1) is 0 Å². The summed E-state index contributed by atoms with van der Waals surface area (Å²) in [5, 5.41) is 0. The number of hydrogen-bond acceptors (Lipinski definition) is 0. The van der Waals surface area contributed by atoms with Crippen molar-refractivity contribution in [2.24, 2.45) is 5.92 Å². The summed E-state index contributed by atoms with van der Waals surface area (Å²) >= 11 is 0. The van der Waals surface area contributed by atoms with Gasteiger partial charge in [-0.2, -0.15) is 0 Å². The molecule has 0 heteroatoms. The molecule has 2 rings (SSSR count). The van der Waals surface area contributed by atoms with E-state index >= 15 is 0 Å². The van der Waals surface area contributed by atoms with E-state index in [1.54, 1.807) is 0 Å². The first-order valence-electron chi connectivity index (χ1n) is 4.49. The highest BCUT2D eigenvalue weighted by molar-refractivity contribution is 5.30. The van der Waals surface area contributed by atoms with Gasteiger partial charge in [0.2, 0.25) is 0 Å². The lowest BCUT2D eigenvalue weighted by molar-refractivity contribution is 0.945. The number of hydrogen-bond donors (Lipinski definition) is 0. The van der Waals surface area contributed by atoms with Crippen LogP contribution in [0.3, 0.4) is 0 Å². The SMILES string of the molecule is C=C(C)[C@H]1C[C@@H]1c1ccccc1. The Morgan fingerprint density at radius 1 is 1.33 bits per heavy atom. The Kier molecular flexibility index (Phi) is 1.76. The lowest BCUT2D eigenvalue weighted by atomic mass is 10.1. The molecule has 12 heavy (non-hydrogen) atoms. The Morgan fingerprint density at radius 3 is 2.50 bits per heavy atom. The monoisotopic (exact) mass is 158 g/mol. The zero-order valence-electron chi connectivity index (χ0n) is 7.46. The molecule has 0 nitrogen and oxygen atoms in total. The quantitative estimate of drug-likeness (QED) is 0.579. The lowest BCUT2D eigenvalue weighted by Crippen LogP contribution is -1.82. The van der Waals surface area contributed by atoms with Gasteiger partial charge in [0, 0.05) is 0 Å². The summed E-state index contributed by atoms with van der Waals surface area (Å²) < 4.78 is 0. The predicted octanol–water partition coefficient (Wildman–Crippen LogP) is 3.37. The minimum Gasteiger partial charge on any atom is -0.0998 e. The van der Waals surface area contributed by atoms with Crippen molar-refractivity contribution in [3.63, 3.8) is 0 Å². The number of benzene rings is 1. The van der Waals surface area contributed by atoms with Crippen LogP contribution in [0.1, 0.15) is 24.8 Å². The number of rotatable bonds is 2. The molecule has 0 amide bonds. The Bertz CT molecular complexity index is 284. The summed E-state index contributed by atoms with van der Waals surface area (Å²) in [7, 11) is 0. The Hall–Kier alpha value is -1.04. The molecule has 1 saturated carbocycles. The molecular weight excluding hydrogens is 144 g/mol. The van der Waals surface area contributed by atoms with Crippen LogP contribution in [0.4, 0.5) is 0 Å². The largest absolute Gasteiger partial charge is 0.0998 e. The fraction of sp³-hybridized carbons (Fsp3) is 0.333. The second-order valence-electron chi connectivity index (χ2n) is 3.71. The van der Waals surface area contributed by atoms with Gasteiger partial charge in [0.25, 0.3) is 0 Å². The van der Waals surface area contributed by atoms with E-state index in [4.69, 9.17) is 0 Å². The number of allylic oxidation sites excluding steroid dienone is 1. The standard InChI is InChI=1S/C12H14/c1-9(2)11-8-12(11)10-6-4-3-5-7-10/h3-7,11-12H,1,8H2,2H3/t11-,12-/m1/s1. The molecule has 0 aliphatic heterocycles. The van der Waals surface area contributed by atoms with Crippen LogP contribution >= 0.6 is 0 Å². The molecule has 0 heterocycles. The van der Waals surface area contributed by atoms with Crippen molar-refractivity contribution in [2.45, 2.75) is 19.3 Å². The fourth-order valence-corrected chi connectivity index (χ4v) is 1.81. The molecule has 1 aromatic carbocycles. The second-order valence-corrected chi connectivity index (χ2v) is 3.71.